The van der Waals surface area contributed by atoms with Crippen LogP contribution in [0.25, 0.3) is 11.3 Å². The maximum absolute atomic E-state index is 12.4. The van der Waals surface area contributed by atoms with E-state index in [2.05, 4.69) is 27.2 Å². The Hall–Kier alpha value is -2.80. The summed E-state index contributed by atoms with van der Waals surface area (Å²) in [4.78, 5) is 25.5. The van der Waals surface area contributed by atoms with Crippen LogP contribution in [0.2, 0.25) is 0 Å². The second-order valence-electron chi connectivity index (χ2n) is 5.91. The van der Waals surface area contributed by atoms with E-state index in [1.54, 1.807) is 6.07 Å². The van der Waals surface area contributed by atoms with Gasteiger partial charge in [-0.15, -0.1) is 11.3 Å². The lowest BCUT2D eigenvalue weighted by atomic mass is 10.1. The number of nitrogens with zero attached hydrogens (tertiary/aromatic N) is 3. The maximum atomic E-state index is 12.4. The van der Waals surface area contributed by atoms with Crippen LogP contribution in [0.1, 0.15) is 34.5 Å². The van der Waals surface area contributed by atoms with Gasteiger partial charge >= 0.3 is 0 Å². The quantitative estimate of drug-likeness (QED) is 0.698. The first-order valence-corrected chi connectivity index (χ1v) is 9.36. The summed E-state index contributed by atoms with van der Waals surface area (Å²) < 4.78 is 0. The first kappa shape index (κ1) is 18.0. The van der Waals surface area contributed by atoms with Crippen molar-refractivity contribution in [2.24, 2.45) is 0 Å². The first-order chi connectivity index (χ1) is 12.5. The second-order valence-corrected chi connectivity index (χ2v) is 6.80. The van der Waals surface area contributed by atoms with Crippen molar-refractivity contribution < 1.29 is 4.79 Å². The molecule has 0 saturated heterocycles. The number of nitrogens with one attached hydrogen (secondary N) is 1. The summed E-state index contributed by atoms with van der Waals surface area (Å²) in [5.74, 6) is 0.619. The Kier molecular flexibility index (Phi) is 5.58. The lowest BCUT2D eigenvalue weighted by Gasteiger charge is -2.08. The minimum absolute atomic E-state index is 0.114. The van der Waals surface area contributed by atoms with Gasteiger partial charge in [0, 0.05) is 35.2 Å². The average Bonchev–Trinajstić information content (AvgIpc) is 3.06. The molecule has 3 N–H and O–H groups in total. The van der Waals surface area contributed by atoms with Gasteiger partial charge in [0.25, 0.3) is 5.91 Å². The molecule has 2 aromatic heterocycles. The highest BCUT2D eigenvalue weighted by Gasteiger charge is 2.09. The number of carbonyl (C=O) groups excluding carboxylic acids is 1. The fourth-order valence-electron chi connectivity index (χ4n) is 2.62. The van der Waals surface area contributed by atoms with Crippen LogP contribution in [0.5, 0.6) is 0 Å². The zero-order valence-corrected chi connectivity index (χ0v) is 15.6. The molecule has 0 spiro atoms. The molecule has 0 aliphatic carbocycles. The number of hydrogen-bond donors (Lipinski definition) is 2. The van der Waals surface area contributed by atoms with Gasteiger partial charge in [-0.2, -0.15) is 0 Å². The van der Waals surface area contributed by atoms with E-state index < -0.39 is 0 Å². The van der Waals surface area contributed by atoms with E-state index in [0.717, 1.165) is 34.9 Å². The number of benzene rings is 1. The van der Waals surface area contributed by atoms with Gasteiger partial charge in [0.1, 0.15) is 5.82 Å². The SMILES string of the molecule is CCc1cc(-c2cccc(C(=O)NCCc3csc(N)n3)c2)nc(C)n1. The fourth-order valence-corrected chi connectivity index (χ4v) is 3.22. The molecule has 1 amide bonds. The summed E-state index contributed by atoms with van der Waals surface area (Å²) >= 11 is 1.41. The van der Waals surface area contributed by atoms with E-state index in [-0.39, 0.29) is 5.91 Å². The minimum atomic E-state index is -0.114. The molecule has 0 radical (unpaired) electrons. The fraction of sp³-hybridized carbons (Fsp3) is 0.263. The molecule has 2 heterocycles. The van der Waals surface area contributed by atoms with Gasteiger partial charge in [0.05, 0.1) is 11.4 Å². The highest BCUT2D eigenvalue weighted by atomic mass is 32.1. The summed E-state index contributed by atoms with van der Waals surface area (Å²) in [5.41, 5.74) is 9.85. The van der Waals surface area contributed by atoms with Gasteiger partial charge in [0.15, 0.2) is 5.13 Å². The number of thiazole rings is 1. The number of hydrogen-bond acceptors (Lipinski definition) is 6. The molecule has 3 aromatic rings. The van der Waals surface area contributed by atoms with Crippen molar-refractivity contribution in [1.82, 2.24) is 20.3 Å². The van der Waals surface area contributed by atoms with Crippen molar-refractivity contribution >= 4 is 22.4 Å². The highest BCUT2D eigenvalue weighted by Crippen LogP contribution is 2.20. The van der Waals surface area contributed by atoms with Crippen LogP contribution in [-0.2, 0) is 12.8 Å². The number of nitrogens with two attached hydrogens (primary N) is 1. The first-order valence-electron chi connectivity index (χ1n) is 8.48. The van der Waals surface area contributed by atoms with Gasteiger partial charge in [-0.05, 0) is 31.5 Å². The molecular weight excluding hydrogens is 346 g/mol. The summed E-state index contributed by atoms with van der Waals surface area (Å²) in [6, 6.07) is 9.45. The zero-order valence-electron chi connectivity index (χ0n) is 14.8. The van der Waals surface area contributed by atoms with Crippen molar-refractivity contribution in [2.45, 2.75) is 26.7 Å². The number of amides is 1. The zero-order chi connectivity index (χ0) is 18.5. The largest absolute Gasteiger partial charge is 0.375 e. The van der Waals surface area contributed by atoms with Crippen LogP contribution in [-0.4, -0.2) is 27.4 Å². The Bertz CT molecular complexity index is 922. The Labute approximate surface area is 156 Å². The molecular formula is C19H21N5OS. The van der Waals surface area contributed by atoms with E-state index >= 15 is 0 Å². The predicted molar refractivity (Wildman–Crippen MR) is 104 cm³/mol. The normalized spacial score (nSPS) is 10.7. The minimum Gasteiger partial charge on any atom is -0.375 e. The lowest BCUT2D eigenvalue weighted by Crippen LogP contribution is -2.25. The summed E-state index contributed by atoms with van der Waals surface area (Å²) in [6.45, 7) is 4.45. The van der Waals surface area contributed by atoms with Crippen molar-refractivity contribution in [3.63, 3.8) is 0 Å². The van der Waals surface area contributed by atoms with Gasteiger partial charge < -0.3 is 11.1 Å². The molecule has 0 aliphatic rings. The third-order valence-corrected chi connectivity index (χ3v) is 4.63. The van der Waals surface area contributed by atoms with Crippen LogP contribution in [0.4, 0.5) is 5.13 Å². The van der Waals surface area contributed by atoms with Crippen LogP contribution in [0.15, 0.2) is 35.7 Å². The Morgan fingerprint density at radius 3 is 2.77 bits per heavy atom. The molecule has 7 heteroatoms. The van der Waals surface area contributed by atoms with E-state index in [9.17, 15) is 4.79 Å². The molecule has 0 fully saturated rings. The van der Waals surface area contributed by atoms with Gasteiger partial charge in [-0.3, -0.25) is 4.79 Å². The van der Waals surface area contributed by atoms with Crippen LogP contribution in [0.3, 0.4) is 0 Å². The molecule has 0 saturated carbocycles. The van der Waals surface area contributed by atoms with Gasteiger partial charge in [-0.25, -0.2) is 15.0 Å². The van der Waals surface area contributed by atoms with Crippen LogP contribution >= 0.6 is 11.3 Å². The molecule has 0 aliphatic heterocycles. The molecule has 0 unspecified atom stereocenters. The number of nitrogen functional groups attached to an aromatic ring is 1. The summed E-state index contributed by atoms with van der Waals surface area (Å²) in [5, 5.41) is 5.38. The Balaban J connectivity index is 1.70. The van der Waals surface area contributed by atoms with Crippen molar-refractivity contribution in [3.05, 3.63) is 58.5 Å². The topological polar surface area (TPSA) is 93.8 Å². The number of aromatic nitrogens is 3. The van der Waals surface area contributed by atoms with E-state index in [4.69, 9.17) is 5.73 Å². The van der Waals surface area contributed by atoms with E-state index in [1.165, 1.54) is 11.3 Å². The molecule has 26 heavy (non-hydrogen) atoms. The molecule has 0 bridgehead atoms. The van der Waals surface area contributed by atoms with E-state index in [0.29, 0.717) is 23.7 Å². The number of carbonyl (C=O) groups is 1. The third-order valence-electron chi connectivity index (χ3n) is 3.91. The van der Waals surface area contributed by atoms with Crippen molar-refractivity contribution in [1.29, 1.82) is 0 Å². The Morgan fingerprint density at radius 1 is 1.19 bits per heavy atom. The van der Waals surface area contributed by atoms with Gasteiger partial charge in [-0.1, -0.05) is 19.1 Å². The van der Waals surface area contributed by atoms with E-state index in [1.807, 2.05) is 36.6 Å². The highest BCUT2D eigenvalue weighted by molar-refractivity contribution is 7.13. The predicted octanol–water partition coefficient (Wildman–Crippen LogP) is 3.03. The second kappa shape index (κ2) is 8.05. The average molecular weight is 367 g/mol. The van der Waals surface area contributed by atoms with Gasteiger partial charge in [0.2, 0.25) is 0 Å². The summed E-state index contributed by atoms with van der Waals surface area (Å²) in [7, 11) is 0. The maximum Gasteiger partial charge on any atom is 0.251 e. The van der Waals surface area contributed by atoms with Crippen LogP contribution in [0, 0.1) is 6.92 Å². The smallest absolute Gasteiger partial charge is 0.251 e. The van der Waals surface area contributed by atoms with Crippen LogP contribution < -0.4 is 11.1 Å². The number of anilines is 1. The molecule has 134 valence electrons. The van der Waals surface area contributed by atoms with Crippen molar-refractivity contribution in [2.75, 3.05) is 12.3 Å². The van der Waals surface area contributed by atoms with Crippen molar-refractivity contribution in [3.8, 4) is 11.3 Å². The summed E-state index contributed by atoms with van der Waals surface area (Å²) in [6.07, 6.45) is 1.50. The lowest BCUT2D eigenvalue weighted by molar-refractivity contribution is 0.0954. The molecule has 0 atom stereocenters. The third kappa shape index (κ3) is 4.43. The monoisotopic (exact) mass is 367 g/mol. The molecule has 1 aromatic carbocycles. The molecule has 3 rings (SSSR count). The molecule has 6 nitrogen and oxygen atoms in total. The Morgan fingerprint density at radius 2 is 2.04 bits per heavy atom. The number of aryl methyl sites for hydroxylation is 2. The number of rotatable bonds is 6. The standard InChI is InChI=1S/C19H21N5OS/c1-3-15-10-17(23-12(2)22-15)13-5-4-6-14(9-13)18(25)21-8-7-16-11-26-19(20)24-16/h4-6,9-11H,3,7-8H2,1-2H3,(H2,20,24)(H,21,25).